The first-order chi connectivity index (χ1) is 15.9. The van der Waals surface area contributed by atoms with Crippen LogP contribution in [0.1, 0.15) is 43.7 Å². The lowest BCUT2D eigenvalue weighted by Crippen LogP contribution is -2.43. The first kappa shape index (κ1) is 22.9. The molecule has 0 bridgehead atoms. The van der Waals surface area contributed by atoms with Crippen LogP contribution in [0.2, 0.25) is 0 Å². The minimum Gasteiger partial charge on any atom is -0.507 e. The van der Waals surface area contributed by atoms with Gasteiger partial charge in [0.15, 0.2) is 0 Å². The van der Waals surface area contributed by atoms with Gasteiger partial charge in [-0.1, -0.05) is 32.0 Å². The van der Waals surface area contributed by atoms with Crippen molar-refractivity contribution < 1.29 is 19.4 Å². The molecule has 1 fully saturated rings. The van der Waals surface area contributed by atoms with E-state index in [0.29, 0.717) is 28.9 Å². The number of methoxy groups -OCH3 is 2. The number of pyridine rings is 1. The third-order valence-electron chi connectivity index (χ3n) is 6.51. The van der Waals surface area contributed by atoms with Crippen LogP contribution in [-0.4, -0.2) is 48.2 Å². The van der Waals surface area contributed by atoms with Gasteiger partial charge in [0.1, 0.15) is 17.2 Å². The number of amides is 1. The zero-order valence-corrected chi connectivity index (χ0v) is 19.7. The smallest absolute Gasteiger partial charge is 0.223 e. The highest BCUT2D eigenvalue weighted by Crippen LogP contribution is 2.43. The van der Waals surface area contributed by atoms with Gasteiger partial charge in [-0.05, 0) is 36.0 Å². The SMILES string of the molecule is COc1cc(O)c(C(CC(=O)N2C[C@H](C)C[C@H](C)C2)c2cnc3ccccc3c2)c(OC)c1. The molecule has 1 aliphatic heterocycles. The summed E-state index contributed by atoms with van der Waals surface area (Å²) >= 11 is 0. The molecule has 4 rings (SSSR count). The Bertz CT molecular complexity index is 1140. The highest BCUT2D eigenvalue weighted by Gasteiger charge is 2.31. The molecular formula is C27H32N2O4. The van der Waals surface area contributed by atoms with Crippen LogP contribution in [0.25, 0.3) is 10.9 Å². The first-order valence-electron chi connectivity index (χ1n) is 11.5. The number of ether oxygens (including phenoxy) is 2. The van der Waals surface area contributed by atoms with Crippen LogP contribution < -0.4 is 9.47 Å². The van der Waals surface area contributed by atoms with Crippen LogP contribution in [0.15, 0.2) is 48.7 Å². The van der Waals surface area contributed by atoms with Gasteiger partial charge in [0.05, 0.1) is 19.7 Å². The lowest BCUT2D eigenvalue weighted by Gasteiger charge is -2.36. The van der Waals surface area contributed by atoms with Crippen molar-refractivity contribution >= 4 is 16.8 Å². The largest absolute Gasteiger partial charge is 0.507 e. The quantitative estimate of drug-likeness (QED) is 0.576. The number of para-hydroxylation sites is 1. The second-order valence-corrected chi connectivity index (χ2v) is 9.23. The van der Waals surface area contributed by atoms with Crippen molar-refractivity contribution in [3.63, 3.8) is 0 Å². The average Bonchev–Trinajstić information content (AvgIpc) is 2.81. The zero-order valence-electron chi connectivity index (χ0n) is 19.7. The molecule has 2 aromatic carbocycles. The fourth-order valence-electron chi connectivity index (χ4n) is 5.06. The predicted octanol–water partition coefficient (Wildman–Crippen LogP) is 4.98. The van der Waals surface area contributed by atoms with Crippen molar-refractivity contribution in [2.45, 2.75) is 32.6 Å². The fourth-order valence-corrected chi connectivity index (χ4v) is 5.06. The number of carbonyl (C=O) groups is 1. The van der Waals surface area contributed by atoms with Crippen molar-refractivity contribution in [2.75, 3.05) is 27.3 Å². The van der Waals surface area contributed by atoms with Crippen molar-refractivity contribution in [3.8, 4) is 17.2 Å². The number of nitrogens with zero attached hydrogens (tertiary/aromatic N) is 2. The Hall–Kier alpha value is -3.28. The molecule has 1 saturated heterocycles. The molecule has 0 aliphatic carbocycles. The van der Waals surface area contributed by atoms with Gasteiger partial charge in [-0.15, -0.1) is 0 Å². The van der Waals surface area contributed by atoms with Gasteiger partial charge in [-0.3, -0.25) is 9.78 Å². The van der Waals surface area contributed by atoms with E-state index in [9.17, 15) is 9.90 Å². The highest BCUT2D eigenvalue weighted by molar-refractivity contribution is 5.81. The lowest BCUT2D eigenvalue weighted by molar-refractivity contribution is -0.134. The van der Waals surface area contributed by atoms with Crippen LogP contribution in [0.3, 0.4) is 0 Å². The molecule has 1 aliphatic rings. The molecule has 3 atom stereocenters. The number of carbonyl (C=O) groups excluding carboxylic acids is 1. The topological polar surface area (TPSA) is 71.9 Å². The molecule has 6 nitrogen and oxygen atoms in total. The molecule has 0 radical (unpaired) electrons. The number of aromatic nitrogens is 1. The fraction of sp³-hybridized carbons (Fsp3) is 0.407. The minimum absolute atomic E-state index is 0.0394. The van der Waals surface area contributed by atoms with E-state index in [2.05, 4.69) is 18.8 Å². The molecule has 174 valence electrons. The predicted molar refractivity (Wildman–Crippen MR) is 129 cm³/mol. The number of phenolic OH excluding ortho intramolecular Hbond substituents is 1. The molecule has 6 heteroatoms. The van der Waals surface area contributed by atoms with Crippen LogP contribution in [0.5, 0.6) is 17.2 Å². The van der Waals surface area contributed by atoms with Crippen LogP contribution in [0, 0.1) is 11.8 Å². The number of benzene rings is 2. The maximum absolute atomic E-state index is 13.5. The van der Waals surface area contributed by atoms with E-state index in [-0.39, 0.29) is 18.1 Å². The van der Waals surface area contributed by atoms with E-state index < -0.39 is 5.92 Å². The Balaban J connectivity index is 1.78. The van der Waals surface area contributed by atoms with Gasteiger partial charge in [-0.2, -0.15) is 0 Å². The third-order valence-corrected chi connectivity index (χ3v) is 6.51. The molecule has 33 heavy (non-hydrogen) atoms. The summed E-state index contributed by atoms with van der Waals surface area (Å²) in [5.74, 6) is 1.63. The van der Waals surface area contributed by atoms with Gasteiger partial charge in [0.25, 0.3) is 0 Å². The number of piperidine rings is 1. The number of hydrogen-bond donors (Lipinski definition) is 1. The van der Waals surface area contributed by atoms with E-state index in [0.717, 1.165) is 36.0 Å². The standard InChI is InChI=1S/C27H32N2O4/c1-17-9-18(2)16-29(15-17)26(31)13-22(20-10-19-7-5-6-8-23(19)28-14-20)27-24(30)11-21(32-3)12-25(27)33-4/h5-8,10-12,14,17-18,22,30H,9,13,15-16H2,1-4H3/t17-,18+,22?. The number of hydrogen-bond acceptors (Lipinski definition) is 5. The van der Waals surface area contributed by atoms with E-state index >= 15 is 0 Å². The average molecular weight is 449 g/mol. The summed E-state index contributed by atoms with van der Waals surface area (Å²) in [7, 11) is 3.10. The number of likely N-dealkylation sites (tertiary alicyclic amines) is 1. The van der Waals surface area contributed by atoms with Gasteiger partial charge < -0.3 is 19.5 Å². The molecule has 2 heterocycles. The molecule has 1 unspecified atom stereocenters. The molecule has 1 amide bonds. The Morgan fingerprint density at radius 2 is 1.85 bits per heavy atom. The molecule has 1 N–H and O–H groups in total. The van der Waals surface area contributed by atoms with Crippen LogP contribution in [0.4, 0.5) is 0 Å². The lowest BCUT2D eigenvalue weighted by atomic mass is 9.86. The maximum Gasteiger partial charge on any atom is 0.223 e. The zero-order chi connectivity index (χ0) is 23.5. The molecule has 3 aromatic rings. The van der Waals surface area contributed by atoms with E-state index in [1.807, 2.05) is 35.2 Å². The van der Waals surface area contributed by atoms with Crippen molar-refractivity contribution in [1.82, 2.24) is 9.88 Å². The Labute approximate surface area is 195 Å². The molecular weight excluding hydrogens is 416 g/mol. The van der Waals surface area contributed by atoms with Crippen LogP contribution >= 0.6 is 0 Å². The summed E-state index contributed by atoms with van der Waals surface area (Å²) in [5, 5.41) is 12.0. The Morgan fingerprint density at radius 1 is 1.12 bits per heavy atom. The van der Waals surface area contributed by atoms with Gasteiger partial charge in [0, 0.05) is 54.7 Å². The highest BCUT2D eigenvalue weighted by atomic mass is 16.5. The third kappa shape index (κ3) is 4.90. The monoisotopic (exact) mass is 448 g/mol. The van der Waals surface area contributed by atoms with Crippen molar-refractivity contribution in [1.29, 1.82) is 0 Å². The van der Waals surface area contributed by atoms with Crippen molar-refractivity contribution in [2.24, 2.45) is 11.8 Å². The van der Waals surface area contributed by atoms with Gasteiger partial charge in [0.2, 0.25) is 5.91 Å². The van der Waals surface area contributed by atoms with E-state index in [1.54, 1.807) is 32.5 Å². The van der Waals surface area contributed by atoms with Crippen LogP contribution in [-0.2, 0) is 4.79 Å². The summed E-state index contributed by atoms with van der Waals surface area (Å²) in [6, 6.07) is 13.2. The molecule has 0 spiro atoms. The number of phenols is 1. The molecule has 0 saturated carbocycles. The van der Waals surface area contributed by atoms with Gasteiger partial charge in [-0.25, -0.2) is 0 Å². The summed E-state index contributed by atoms with van der Waals surface area (Å²) < 4.78 is 10.9. The maximum atomic E-state index is 13.5. The second kappa shape index (κ2) is 9.69. The summed E-state index contributed by atoms with van der Waals surface area (Å²) in [5.41, 5.74) is 2.32. The minimum atomic E-state index is -0.414. The van der Waals surface area contributed by atoms with E-state index in [1.165, 1.54) is 0 Å². The van der Waals surface area contributed by atoms with Gasteiger partial charge >= 0.3 is 0 Å². The molecule has 1 aromatic heterocycles. The Kier molecular flexibility index (Phi) is 6.72. The van der Waals surface area contributed by atoms with E-state index in [4.69, 9.17) is 9.47 Å². The second-order valence-electron chi connectivity index (χ2n) is 9.23. The van der Waals surface area contributed by atoms with Crippen molar-refractivity contribution in [3.05, 3.63) is 59.8 Å². The Morgan fingerprint density at radius 3 is 2.55 bits per heavy atom. The summed E-state index contributed by atoms with van der Waals surface area (Å²) in [6.07, 6.45) is 3.15. The number of aromatic hydroxyl groups is 1. The first-order valence-corrected chi connectivity index (χ1v) is 11.5. The number of fused-ring (bicyclic) bond motifs is 1. The number of rotatable bonds is 6. The summed E-state index contributed by atoms with van der Waals surface area (Å²) in [4.78, 5) is 20.1. The summed E-state index contributed by atoms with van der Waals surface area (Å²) in [6.45, 7) is 5.91. The normalized spacial score (nSPS) is 19.3.